The lowest BCUT2D eigenvalue weighted by Crippen LogP contribution is -2.35. The summed E-state index contributed by atoms with van der Waals surface area (Å²) in [6.45, 7) is 2.40. The molecule has 0 radical (unpaired) electrons. The molecule has 10 nitrogen and oxygen atoms in total. The van der Waals surface area contributed by atoms with Crippen LogP contribution in [-0.4, -0.2) is 60.3 Å². The Morgan fingerprint density at radius 3 is 2.89 bits per heavy atom. The number of carbonyl (C=O) groups is 1. The number of thiophene rings is 1. The number of rotatable bonds is 8. The highest BCUT2D eigenvalue weighted by atomic mass is 35.5. The number of aryl methyl sites for hydroxylation is 1. The zero-order chi connectivity index (χ0) is 27.0. The second-order valence-corrected chi connectivity index (χ2v) is 12.2. The standard InChI is InChI=1S/C25H26ClN5O5S2/c1-13-17(22-18-8-16(26)4-2-14(18)6-7-29-22)9-21(37-13)24(33)19-10-28-12-30-25(19)31-20-5-3-15(23(20)32)11-36-38(27,34)35/h2,4,8-10,12,15,20,23,32H,3,5-7,11H2,1H3,(H2,27,34,35)(H,28,30,31)/t15-,20?,23-/m1/s1. The lowest BCUT2D eigenvalue weighted by Gasteiger charge is -2.21. The van der Waals surface area contributed by atoms with Crippen LogP contribution in [-0.2, 0) is 20.9 Å². The molecule has 3 atom stereocenters. The van der Waals surface area contributed by atoms with E-state index in [1.165, 1.54) is 29.4 Å². The van der Waals surface area contributed by atoms with Gasteiger partial charge in [0, 0.05) is 39.7 Å². The highest BCUT2D eigenvalue weighted by Crippen LogP contribution is 2.33. The maximum atomic E-state index is 13.6. The minimum atomic E-state index is -4.10. The molecule has 2 aromatic heterocycles. The average molecular weight is 576 g/mol. The van der Waals surface area contributed by atoms with Crippen molar-refractivity contribution in [3.8, 4) is 0 Å². The molecule has 1 unspecified atom stereocenters. The molecule has 0 amide bonds. The molecule has 38 heavy (non-hydrogen) atoms. The number of anilines is 1. The van der Waals surface area contributed by atoms with Crippen LogP contribution in [0.4, 0.5) is 5.82 Å². The molecule has 2 aliphatic rings. The Labute approximate surface area is 229 Å². The monoisotopic (exact) mass is 575 g/mol. The summed E-state index contributed by atoms with van der Waals surface area (Å²) in [5.74, 6) is -0.388. The number of nitrogens with one attached hydrogen (secondary N) is 1. The number of benzene rings is 1. The average Bonchev–Trinajstić information content (AvgIpc) is 3.44. The van der Waals surface area contributed by atoms with Crippen molar-refractivity contribution in [2.75, 3.05) is 18.5 Å². The molecule has 13 heteroatoms. The number of hydrogen-bond donors (Lipinski definition) is 3. The summed E-state index contributed by atoms with van der Waals surface area (Å²) in [5.41, 5.74) is 4.13. The van der Waals surface area contributed by atoms with E-state index in [9.17, 15) is 18.3 Å². The van der Waals surface area contributed by atoms with Crippen molar-refractivity contribution in [2.45, 2.75) is 38.3 Å². The number of fused-ring (bicyclic) bond motifs is 1. The van der Waals surface area contributed by atoms with Gasteiger partial charge in [0.15, 0.2) is 0 Å². The Kier molecular flexibility index (Phi) is 7.63. The van der Waals surface area contributed by atoms with Crippen LogP contribution in [0.2, 0.25) is 5.02 Å². The van der Waals surface area contributed by atoms with E-state index in [1.54, 1.807) is 0 Å². The SMILES string of the molecule is Cc1sc(C(=O)c2cncnc2NC2CC[C@H](COS(N)(=O)=O)[C@H]2O)cc1C1=NCCc2ccc(Cl)cc21. The molecule has 3 heterocycles. The molecule has 1 aliphatic heterocycles. The summed E-state index contributed by atoms with van der Waals surface area (Å²) in [4.78, 5) is 28.1. The zero-order valence-corrected chi connectivity index (χ0v) is 22.8. The van der Waals surface area contributed by atoms with Crippen molar-refractivity contribution in [3.05, 3.63) is 73.8 Å². The van der Waals surface area contributed by atoms with Crippen LogP contribution in [0.25, 0.3) is 0 Å². The fourth-order valence-corrected chi connectivity index (χ4v) is 6.44. The number of aliphatic hydroxyl groups is 1. The van der Waals surface area contributed by atoms with Crippen LogP contribution in [0.5, 0.6) is 0 Å². The maximum Gasteiger partial charge on any atom is 0.333 e. The van der Waals surface area contributed by atoms with Crippen molar-refractivity contribution in [1.82, 2.24) is 9.97 Å². The fourth-order valence-electron chi connectivity index (χ4n) is 4.92. The van der Waals surface area contributed by atoms with Crippen LogP contribution in [0, 0.1) is 12.8 Å². The predicted molar refractivity (Wildman–Crippen MR) is 145 cm³/mol. The second kappa shape index (κ2) is 10.8. The quantitative estimate of drug-likeness (QED) is 0.346. The summed E-state index contributed by atoms with van der Waals surface area (Å²) in [7, 11) is -4.10. The molecule has 1 saturated carbocycles. The first-order valence-electron chi connectivity index (χ1n) is 12.0. The van der Waals surface area contributed by atoms with Gasteiger partial charge in [-0.05, 0) is 49.9 Å². The fraction of sp³-hybridized carbons (Fsp3) is 0.360. The topological polar surface area (TPSA) is 157 Å². The van der Waals surface area contributed by atoms with E-state index in [2.05, 4.69) is 19.5 Å². The first-order valence-corrected chi connectivity index (χ1v) is 14.7. The third kappa shape index (κ3) is 5.65. The second-order valence-electron chi connectivity index (χ2n) is 9.33. The number of aliphatic imine (C=N–C) groups is 1. The molecular formula is C25H26ClN5O5S2. The van der Waals surface area contributed by atoms with Crippen molar-refractivity contribution in [1.29, 1.82) is 0 Å². The summed E-state index contributed by atoms with van der Waals surface area (Å²) >= 11 is 7.63. The lowest BCUT2D eigenvalue weighted by molar-refractivity contribution is 0.0936. The molecule has 1 aromatic carbocycles. The van der Waals surface area contributed by atoms with Crippen LogP contribution < -0.4 is 10.5 Å². The minimum Gasteiger partial charge on any atom is -0.391 e. The summed E-state index contributed by atoms with van der Waals surface area (Å²) in [6, 6.07) is 7.19. The number of carbonyl (C=O) groups excluding carboxylic acids is 1. The molecule has 0 bridgehead atoms. The molecule has 5 rings (SSSR count). The summed E-state index contributed by atoms with van der Waals surface area (Å²) in [5, 5.41) is 19.4. The van der Waals surface area contributed by atoms with Crippen molar-refractivity contribution < 1.29 is 22.5 Å². The number of ketones is 1. The van der Waals surface area contributed by atoms with E-state index >= 15 is 0 Å². The molecule has 200 valence electrons. The number of nitrogens with zero attached hydrogens (tertiary/aromatic N) is 3. The Bertz CT molecular complexity index is 1520. The van der Waals surface area contributed by atoms with E-state index < -0.39 is 28.4 Å². The van der Waals surface area contributed by atoms with Gasteiger partial charge in [-0.2, -0.15) is 8.42 Å². The Morgan fingerprint density at radius 1 is 1.29 bits per heavy atom. The molecule has 1 fully saturated rings. The van der Waals surface area contributed by atoms with E-state index in [-0.39, 0.29) is 18.0 Å². The van der Waals surface area contributed by atoms with Gasteiger partial charge in [-0.25, -0.2) is 15.1 Å². The summed E-state index contributed by atoms with van der Waals surface area (Å²) < 4.78 is 26.9. The molecule has 0 spiro atoms. The van der Waals surface area contributed by atoms with Crippen molar-refractivity contribution in [3.63, 3.8) is 0 Å². The van der Waals surface area contributed by atoms with E-state index in [4.69, 9.17) is 21.7 Å². The predicted octanol–water partition coefficient (Wildman–Crippen LogP) is 2.90. The van der Waals surface area contributed by atoms with Crippen LogP contribution in [0.3, 0.4) is 0 Å². The zero-order valence-electron chi connectivity index (χ0n) is 20.4. The first kappa shape index (κ1) is 26.9. The van der Waals surface area contributed by atoms with Gasteiger partial charge in [0.25, 0.3) is 0 Å². The van der Waals surface area contributed by atoms with Gasteiger partial charge in [-0.1, -0.05) is 17.7 Å². The Hall–Kier alpha value is -2.74. The maximum absolute atomic E-state index is 13.6. The normalized spacial score (nSPS) is 21.2. The highest BCUT2D eigenvalue weighted by Gasteiger charge is 2.36. The lowest BCUT2D eigenvalue weighted by atomic mass is 9.93. The van der Waals surface area contributed by atoms with Gasteiger partial charge in [0.2, 0.25) is 5.78 Å². The van der Waals surface area contributed by atoms with E-state index in [1.807, 2.05) is 31.2 Å². The van der Waals surface area contributed by atoms with Gasteiger partial charge in [-0.15, -0.1) is 11.3 Å². The molecular weight excluding hydrogens is 550 g/mol. The third-order valence-corrected chi connectivity index (χ3v) is 8.59. The Balaban J connectivity index is 1.37. The van der Waals surface area contributed by atoms with Gasteiger partial charge in [0.05, 0.1) is 34.9 Å². The molecule has 4 N–H and O–H groups in total. The smallest absolute Gasteiger partial charge is 0.333 e. The van der Waals surface area contributed by atoms with Gasteiger partial charge in [0.1, 0.15) is 12.1 Å². The van der Waals surface area contributed by atoms with Crippen LogP contribution >= 0.6 is 22.9 Å². The van der Waals surface area contributed by atoms with Gasteiger partial charge < -0.3 is 10.4 Å². The summed E-state index contributed by atoms with van der Waals surface area (Å²) in [6.07, 6.45) is 3.74. The number of halogens is 1. The largest absolute Gasteiger partial charge is 0.391 e. The van der Waals surface area contributed by atoms with E-state index in [0.717, 1.165) is 28.1 Å². The van der Waals surface area contributed by atoms with Gasteiger partial charge >= 0.3 is 10.3 Å². The minimum absolute atomic E-state index is 0.219. The number of aromatic nitrogens is 2. The van der Waals surface area contributed by atoms with E-state index in [0.29, 0.717) is 35.1 Å². The number of nitrogens with two attached hydrogens (primary N) is 1. The number of aliphatic hydroxyl groups excluding tert-OH is 1. The molecule has 0 saturated heterocycles. The van der Waals surface area contributed by atoms with Gasteiger partial charge in [-0.3, -0.25) is 14.0 Å². The van der Waals surface area contributed by atoms with Crippen LogP contribution in [0.1, 0.15) is 49.6 Å². The Morgan fingerprint density at radius 2 is 2.11 bits per heavy atom. The highest BCUT2D eigenvalue weighted by molar-refractivity contribution is 7.84. The molecule has 3 aromatic rings. The van der Waals surface area contributed by atoms with Crippen molar-refractivity contribution >= 4 is 50.6 Å². The first-order chi connectivity index (χ1) is 18.1. The number of hydrogen-bond acceptors (Lipinski definition) is 10. The molecule has 1 aliphatic carbocycles. The third-order valence-electron chi connectivity index (χ3n) is 6.84. The van der Waals surface area contributed by atoms with Crippen LogP contribution in [0.15, 0.2) is 41.8 Å². The van der Waals surface area contributed by atoms with Crippen molar-refractivity contribution in [2.24, 2.45) is 16.0 Å².